The van der Waals surface area contributed by atoms with Crippen molar-refractivity contribution in [1.29, 1.82) is 0 Å². The van der Waals surface area contributed by atoms with Crippen LogP contribution in [0.1, 0.15) is 0 Å². The van der Waals surface area contributed by atoms with Gasteiger partial charge in [0.1, 0.15) is 23.0 Å². The Labute approximate surface area is 335 Å². The van der Waals surface area contributed by atoms with Crippen molar-refractivity contribution in [2.75, 3.05) is 38.2 Å². The summed E-state index contributed by atoms with van der Waals surface area (Å²) >= 11 is 0. The fraction of sp³-hybridized carbons (Fsp3) is 0.0833. The maximum absolute atomic E-state index is 13.6. The highest BCUT2D eigenvalue weighted by molar-refractivity contribution is 5.88. The molecule has 0 amide bonds. The average molecular weight is 769 g/mol. The van der Waals surface area contributed by atoms with Crippen LogP contribution in [0.25, 0.3) is 33.3 Å². The zero-order valence-corrected chi connectivity index (χ0v) is 32.4. The Hall–Kier alpha value is -7.72. The molecule has 0 aliphatic carbocycles. The van der Waals surface area contributed by atoms with E-state index in [1.54, 1.807) is 40.6 Å². The van der Waals surface area contributed by atoms with Gasteiger partial charge in [-0.15, -0.1) is 0 Å². The van der Waals surface area contributed by atoms with Crippen LogP contribution in [0, 0.1) is 0 Å². The van der Waals surface area contributed by atoms with E-state index in [0.29, 0.717) is 22.2 Å². The minimum atomic E-state index is -0.358. The topological polar surface area (TPSA) is 109 Å². The minimum absolute atomic E-state index is 0.298. The summed E-state index contributed by atoms with van der Waals surface area (Å²) in [5, 5.41) is 0.595. The van der Waals surface area contributed by atoms with Crippen molar-refractivity contribution in [2.24, 2.45) is 0 Å². The molecule has 2 heterocycles. The molecule has 0 radical (unpaired) electrons. The first kappa shape index (κ1) is 37.2. The minimum Gasteiger partial charge on any atom is -0.497 e. The second-order valence-electron chi connectivity index (χ2n) is 13.4. The number of hydrogen-bond acceptors (Lipinski definition) is 8. The summed E-state index contributed by atoms with van der Waals surface area (Å²) in [7, 11) is 6.56. The molecule has 0 spiro atoms. The Morgan fingerprint density at radius 2 is 0.569 bits per heavy atom. The first-order chi connectivity index (χ1) is 28.3. The molecule has 0 fully saturated rings. The van der Waals surface area contributed by atoms with Gasteiger partial charge in [-0.25, -0.2) is 0 Å². The van der Waals surface area contributed by atoms with Crippen LogP contribution in [0.5, 0.6) is 23.0 Å². The van der Waals surface area contributed by atoms with E-state index in [-0.39, 0.29) is 11.1 Å². The highest BCUT2D eigenvalue weighted by atomic mass is 16.5. The van der Waals surface area contributed by atoms with E-state index in [9.17, 15) is 9.59 Å². The average Bonchev–Trinajstić information content (AvgIpc) is 3.28. The summed E-state index contributed by atoms with van der Waals surface area (Å²) in [6, 6.07) is 50.4. The molecule has 0 saturated heterocycles. The van der Waals surface area contributed by atoms with E-state index in [2.05, 4.69) is 19.8 Å². The molecule has 288 valence electrons. The summed E-state index contributed by atoms with van der Waals surface area (Å²) in [6.45, 7) is 0. The molecule has 6 aromatic carbocycles. The maximum Gasteiger partial charge on any atom is 0.256 e. The Balaban J connectivity index is 1.09. The van der Waals surface area contributed by atoms with Crippen LogP contribution in [0.2, 0.25) is 0 Å². The third kappa shape index (κ3) is 7.46. The van der Waals surface area contributed by atoms with E-state index in [4.69, 9.17) is 18.9 Å². The molecular formula is C48H40N4O6. The van der Waals surface area contributed by atoms with Gasteiger partial charge in [-0.2, -0.15) is 0 Å². The summed E-state index contributed by atoms with van der Waals surface area (Å²) in [5.74, 6) is 3.03. The lowest BCUT2D eigenvalue weighted by atomic mass is 10.0. The fourth-order valence-electron chi connectivity index (χ4n) is 6.98. The van der Waals surface area contributed by atoms with Crippen LogP contribution in [-0.2, 0) is 0 Å². The largest absolute Gasteiger partial charge is 0.497 e. The summed E-state index contributed by atoms with van der Waals surface area (Å²) < 4.78 is 21.6. The smallest absolute Gasteiger partial charge is 0.256 e. The van der Waals surface area contributed by atoms with Gasteiger partial charge in [0.05, 0.1) is 39.2 Å². The van der Waals surface area contributed by atoms with Crippen LogP contribution in [0.15, 0.2) is 167 Å². The SMILES string of the molecule is COc1ccc(N(c2ccc(OC)cc2)c2ccc(-c3cc4c(=O)[nH]c(-c5ccc(N(c6ccc(OC)cc6)c6ccc(OC)cc6)cc5)cc4c(=O)[nH]3)cc2)cc1. The highest BCUT2D eigenvalue weighted by Crippen LogP contribution is 2.39. The number of anilines is 6. The molecule has 0 unspecified atom stereocenters. The quantitative estimate of drug-likeness (QED) is 0.126. The molecular weight excluding hydrogens is 729 g/mol. The van der Waals surface area contributed by atoms with Gasteiger partial charge in [-0.3, -0.25) is 9.59 Å². The third-order valence-electron chi connectivity index (χ3n) is 10.0. The summed E-state index contributed by atoms with van der Waals surface area (Å²) in [4.78, 5) is 37.5. The van der Waals surface area contributed by atoms with Crippen molar-refractivity contribution in [1.82, 2.24) is 9.97 Å². The van der Waals surface area contributed by atoms with Crippen molar-refractivity contribution in [3.05, 3.63) is 178 Å². The molecule has 10 heteroatoms. The Morgan fingerprint density at radius 3 is 0.793 bits per heavy atom. The second-order valence-corrected chi connectivity index (χ2v) is 13.4. The van der Waals surface area contributed by atoms with Gasteiger partial charge >= 0.3 is 0 Å². The van der Waals surface area contributed by atoms with Crippen LogP contribution in [0.3, 0.4) is 0 Å². The van der Waals surface area contributed by atoms with E-state index >= 15 is 0 Å². The van der Waals surface area contributed by atoms with Crippen molar-refractivity contribution < 1.29 is 18.9 Å². The third-order valence-corrected chi connectivity index (χ3v) is 10.0. The number of fused-ring (bicyclic) bond motifs is 1. The van der Waals surface area contributed by atoms with Crippen molar-refractivity contribution in [3.8, 4) is 45.5 Å². The summed E-state index contributed by atoms with van der Waals surface area (Å²) in [5.41, 5.74) is 7.38. The number of methoxy groups -OCH3 is 4. The number of rotatable bonds is 12. The van der Waals surface area contributed by atoms with Crippen molar-refractivity contribution in [3.63, 3.8) is 0 Å². The molecule has 8 rings (SSSR count). The van der Waals surface area contributed by atoms with Gasteiger partial charge in [0.15, 0.2) is 0 Å². The van der Waals surface area contributed by atoms with E-state index in [1.165, 1.54) is 0 Å². The molecule has 58 heavy (non-hydrogen) atoms. The number of ether oxygens (including phenoxy) is 4. The summed E-state index contributed by atoms with van der Waals surface area (Å²) in [6.07, 6.45) is 0. The van der Waals surface area contributed by atoms with Gasteiger partial charge in [-0.05, 0) is 145 Å². The Bertz CT molecular complexity index is 2490. The van der Waals surface area contributed by atoms with Gasteiger partial charge in [0.2, 0.25) is 0 Å². The standard InChI is InChI=1S/C48H40N4O6/c1-55-39-21-13-35(14-22-39)51(36-15-23-40(56-2)24-16-36)33-9-5-31(6-10-33)45-29-43-44(47(53)49-45)30-46(50-48(43)54)32-7-11-34(12-8-32)52(37-17-25-41(57-3)26-18-37)38-19-27-42(58-4)28-20-38/h5-30H,1-4H3,(H,49,53)(H,50,54). The van der Waals surface area contributed by atoms with Crippen molar-refractivity contribution >= 4 is 44.9 Å². The number of aromatic amines is 2. The highest BCUT2D eigenvalue weighted by Gasteiger charge is 2.17. The monoisotopic (exact) mass is 768 g/mol. The van der Waals surface area contributed by atoms with E-state index < -0.39 is 0 Å². The molecule has 10 nitrogen and oxygen atoms in total. The first-order valence-corrected chi connectivity index (χ1v) is 18.5. The number of nitrogens with one attached hydrogen (secondary N) is 2. The van der Waals surface area contributed by atoms with Crippen LogP contribution < -0.4 is 39.9 Å². The Kier molecular flexibility index (Phi) is 10.4. The number of aromatic nitrogens is 2. The molecule has 0 aliphatic rings. The lowest BCUT2D eigenvalue weighted by Gasteiger charge is -2.26. The molecule has 0 saturated carbocycles. The predicted molar refractivity (Wildman–Crippen MR) is 232 cm³/mol. The maximum atomic E-state index is 13.6. The van der Waals surface area contributed by atoms with E-state index in [1.807, 2.05) is 146 Å². The fourth-order valence-corrected chi connectivity index (χ4v) is 6.98. The van der Waals surface area contributed by atoms with Crippen molar-refractivity contribution in [2.45, 2.75) is 0 Å². The molecule has 0 aliphatic heterocycles. The second kappa shape index (κ2) is 16.2. The first-order valence-electron chi connectivity index (χ1n) is 18.5. The molecule has 0 atom stereocenters. The Morgan fingerprint density at radius 1 is 0.345 bits per heavy atom. The van der Waals surface area contributed by atoms with Crippen LogP contribution in [0.4, 0.5) is 34.1 Å². The van der Waals surface area contributed by atoms with Gasteiger partial charge in [0, 0.05) is 45.5 Å². The zero-order chi connectivity index (χ0) is 40.2. The predicted octanol–water partition coefficient (Wildman–Crippen LogP) is 10.5. The van der Waals surface area contributed by atoms with Gasteiger partial charge < -0.3 is 38.7 Å². The van der Waals surface area contributed by atoms with Gasteiger partial charge in [-0.1, -0.05) is 24.3 Å². The number of H-pyrrole nitrogens is 2. The van der Waals surface area contributed by atoms with Gasteiger partial charge in [0.25, 0.3) is 11.1 Å². The molecule has 8 aromatic rings. The molecule has 0 bridgehead atoms. The molecule has 2 N–H and O–H groups in total. The number of hydrogen-bond donors (Lipinski definition) is 2. The normalized spacial score (nSPS) is 10.9. The molecule has 2 aromatic heterocycles. The number of pyridine rings is 2. The zero-order valence-electron chi connectivity index (χ0n) is 32.4. The number of benzene rings is 6. The van der Waals surface area contributed by atoms with E-state index in [0.717, 1.165) is 68.2 Å². The van der Waals surface area contributed by atoms with Crippen LogP contribution >= 0.6 is 0 Å². The number of nitrogens with zero attached hydrogens (tertiary/aromatic N) is 2. The lowest BCUT2D eigenvalue weighted by Crippen LogP contribution is -2.15. The van der Waals surface area contributed by atoms with Crippen LogP contribution in [-0.4, -0.2) is 38.4 Å². The lowest BCUT2D eigenvalue weighted by molar-refractivity contribution is 0.414.